The van der Waals surface area contributed by atoms with Crippen molar-refractivity contribution >= 4 is 21.8 Å². The van der Waals surface area contributed by atoms with Crippen LogP contribution < -0.4 is 10.5 Å². The molecule has 0 radical (unpaired) electrons. The molecule has 1 fully saturated rings. The van der Waals surface area contributed by atoms with Gasteiger partial charge in [0.15, 0.2) is 0 Å². The number of methoxy groups -OCH3 is 1. The Morgan fingerprint density at radius 3 is 3.05 bits per heavy atom. The van der Waals surface area contributed by atoms with Gasteiger partial charge in [0.2, 0.25) is 0 Å². The lowest BCUT2D eigenvalue weighted by molar-refractivity contribution is 0.195. The molecule has 0 saturated carbocycles. The second-order valence-electron chi connectivity index (χ2n) is 4.99. The summed E-state index contributed by atoms with van der Waals surface area (Å²) in [6.45, 7) is 2.80. The fourth-order valence-corrected chi connectivity index (χ4v) is 2.87. The Bertz CT molecular complexity index is 464. The third-order valence-electron chi connectivity index (χ3n) is 3.59. The zero-order chi connectivity index (χ0) is 13.8. The summed E-state index contributed by atoms with van der Waals surface area (Å²) >= 11 is 3.58. The molecule has 5 heteroatoms. The Hall–Kier alpha value is -1.07. The Morgan fingerprint density at radius 1 is 1.58 bits per heavy atom. The molecule has 0 amide bonds. The number of nitrogens with two attached hydrogens (primary N) is 1. The van der Waals surface area contributed by atoms with Crippen LogP contribution in [0.25, 0.3) is 0 Å². The number of nitrogens with zero attached hydrogens (tertiary/aromatic N) is 1. The average Bonchev–Trinajstić information content (AvgIpc) is 2.41. The van der Waals surface area contributed by atoms with Gasteiger partial charge in [-0.05, 0) is 43.1 Å². The van der Waals surface area contributed by atoms with Crippen molar-refractivity contribution in [3.8, 4) is 5.75 Å². The number of amidine groups is 1. The number of ether oxygens (including phenoxy) is 1. The quantitative estimate of drug-likeness (QED) is 0.660. The van der Waals surface area contributed by atoms with Gasteiger partial charge in [0.05, 0.1) is 12.9 Å². The minimum absolute atomic E-state index is 0.207. The van der Waals surface area contributed by atoms with Crippen LogP contribution in [0.5, 0.6) is 5.75 Å². The highest BCUT2D eigenvalue weighted by Crippen LogP contribution is 2.26. The van der Waals surface area contributed by atoms with Gasteiger partial charge in [-0.1, -0.05) is 15.9 Å². The lowest BCUT2D eigenvalue weighted by Gasteiger charge is -2.32. The second-order valence-corrected chi connectivity index (χ2v) is 5.84. The van der Waals surface area contributed by atoms with Crippen LogP contribution in [0.4, 0.5) is 0 Å². The van der Waals surface area contributed by atoms with Crippen LogP contribution in [0.3, 0.4) is 0 Å². The van der Waals surface area contributed by atoms with Crippen molar-refractivity contribution in [1.29, 1.82) is 5.41 Å². The maximum atomic E-state index is 7.59. The molecular weight excluding hydrogens is 306 g/mol. The van der Waals surface area contributed by atoms with Crippen LogP contribution in [0, 0.1) is 11.3 Å². The SMILES string of the molecule is COc1ccc(Br)c(CN2CCCC(C(=N)N)C2)c1. The van der Waals surface area contributed by atoms with Gasteiger partial charge < -0.3 is 10.5 Å². The van der Waals surface area contributed by atoms with E-state index in [0.717, 1.165) is 42.7 Å². The van der Waals surface area contributed by atoms with E-state index in [0.29, 0.717) is 5.84 Å². The van der Waals surface area contributed by atoms with Crippen LogP contribution in [0.1, 0.15) is 18.4 Å². The molecule has 0 bridgehead atoms. The van der Waals surface area contributed by atoms with E-state index in [9.17, 15) is 0 Å². The summed E-state index contributed by atoms with van der Waals surface area (Å²) in [5, 5.41) is 7.59. The van der Waals surface area contributed by atoms with Gasteiger partial charge in [0.1, 0.15) is 5.75 Å². The van der Waals surface area contributed by atoms with Crippen molar-refractivity contribution in [2.24, 2.45) is 11.7 Å². The first-order valence-corrected chi connectivity index (χ1v) is 7.28. The molecule has 1 unspecified atom stereocenters. The number of benzene rings is 1. The molecule has 1 aliphatic rings. The molecular formula is C14H20BrN3O. The molecule has 0 aliphatic carbocycles. The largest absolute Gasteiger partial charge is 0.497 e. The normalized spacial score (nSPS) is 20.2. The molecule has 1 aromatic carbocycles. The molecule has 1 aliphatic heterocycles. The number of rotatable bonds is 4. The first-order chi connectivity index (χ1) is 9.10. The number of nitrogens with one attached hydrogen (secondary N) is 1. The molecule has 104 valence electrons. The Labute approximate surface area is 122 Å². The van der Waals surface area contributed by atoms with E-state index >= 15 is 0 Å². The highest BCUT2D eigenvalue weighted by Gasteiger charge is 2.22. The summed E-state index contributed by atoms with van der Waals surface area (Å²) in [6, 6.07) is 6.02. The Balaban J connectivity index is 2.06. The molecule has 0 spiro atoms. The molecule has 1 aromatic rings. The summed E-state index contributed by atoms with van der Waals surface area (Å²) in [5.41, 5.74) is 6.84. The van der Waals surface area contributed by atoms with Crippen LogP contribution in [0.15, 0.2) is 22.7 Å². The van der Waals surface area contributed by atoms with Crippen molar-refractivity contribution < 1.29 is 4.74 Å². The molecule has 1 atom stereocenters. The molecule has 19 heavy (non-hydrogen) atoms. The van der Waals surface area contributed by atoms with E-state index in [2.05, 4.69) is 26.9 Å². The van der Waals surface area contributed by atoms with Gasteiger partial charge in [0.25, 0.3) is 0 Å². The van der Waals surface area contributed by atoms with E-state index in [-0.39, 0.29) is 5.92 Å². The molecule has 4 nitrogen and oxygen atoms in total. The van der Waals surface area contributed by atoms with Crippen LogP contribution >= 0.6 is 15.9 Å². The highest BCUT2D eigenvalue weighted by molar-refractivity contribution is 9.10. The van der Waals surface area contributed by atoms with Crippen molar-refractivity contribution in [2.45, 2.75) is 19.4 Å². The van der Waals surface area contributed by atoms with Crippen molar-refractivity contribution in [2.75, 3.05) is 20.2 Å². The predicted octanol–water partition coefficient (Wildman–Crippen LogP) is 2.61. The number of hydrogen-bond donors (Lipinski definition) is 2. The van der Waals surface area contributed by atoms with E-state index < -0.39 is 0 Å². The fraction of sp³-hybridized carbons (Fsp3) is 0.500. The van der Waals surface area contributed by atoms with Crippen molar-refractivity contribution in [1.82, 2.24) is 4.90 Å². The van der Waals surface area contributed by atoms with E-state index in [1.54, 1.807) is 7.11 Å². The standard InChI is InChI=1S/C14H20BrN3O/c1-19-12-4-5-13(15)11(7-12)9-18-6-2-3-10(8-18)14(16)17/h4-5,7,10H,2-3,6,8-9H2,1H3,(H3,16,17). The lowest BCUT2D eigenvalue weighted by atomic mass is 9.96. The summed E-state index contributed by atoms with van der Waals surface area (Å²) in [7, 11) is 1.68. The van der Waals surface area contributed by atoms with Gasteiger partial charge in [-0.15, -0.1) is 0 Å². The average molecular weight is 326 g/mol. The number of halogens is 1. The van der Waals surface area contributed by atoms with Crippen molar-refractivity contribution in [3.63, 3.8) is 0 Å². The zero-order valence-electron chi connectivity index (χ0n) is 11.2. The Kier molecular flexibility index (Phi) is 4.82. The van der Waals surface area contributed by atoms with Gasteiger partial charge in [-0.2, -0.15) is 0 Å². The van der Waals surface area contributed by atoms with Gasteiger partial charge >= 0.3 is 0 Å². The summed E-state index contributed by atoms with van der Waals surface area (Å²) in [6.07, 6.45) is 2.14. The van der Waals surface area contributed by atoms with Gasteiger partial charge in [0, 0.05) is 23.5 Å². The number of likely N-dealkylation sites (tertiary alicyclic amines) is 1. The van der Waals surface area contributed by atoms with E-state index in [1.807, 2.05) is 12.1 Å². The fourth-order valence-electron chi connectivity index (χ4n) is 2.49. The highest BCUT2D eigenvalue weighted by atomic mass is 79.9. The first kappa shape index (κ1) is 14.3. The maximum Gasteiger partial charge on any atom is 0.119 e. The maximum absolute atomic E-state index is 7.59. The van der Waals surface area contributed by atoms with E-state index in [4.69, 9.17) is 15.9 Å². The third kappa shape index (κ3) is 3.70. The Morgan fingerprint density at radius 2 is 2.37 bits per heavy atom. The third-order valence-corrected chi connectivity index (χ3v) is 4.37. The minimum atomic E-state index is 0.207. The summed E-state index contributed by atoms with van der Waals surface area (Å²) < 4.78 is 6.36. The van der Waals surface area contributed by atoms with Crippen LogP contribution in [0.2, 0.25) is 0 Å². The summed E-state index contributed by atoms with van der Waals surface area (Å²) in [5.74, 6) is 1.39. The van der Waals surface area contributed by atoms with Crippen LogP contribution in [-0.2, 0) is 6.54 Å². The summed E-state index contributed by atoms with van der Waals surface area (Å²) in [4.78, 5) is 2.36. The molecule has 2 rings (SSSR count). The van der Waals surface area contributed by atoms with Gasteiger partial charge in [-0.25, -0.2) is 0 Å². The molecule has 0 aromatic heterocycles. The smallest absolute Gasteiger partial charge is 0.119 e. The topological polar surface area (TPSA) is 62.3 Å². The van der Waals surface area contributed by atoms with Crippen LogP contribution in [-0.4, -0.2) is 30.9 Å². The minimum Gasteiger partial charge on any atom is -0.497 e. The first-order valence-electron chi connectivity index (χ1n) is 6.49. The molecule has 3 N–H and O–H groups in total. The monoisotopic (exact) mass is 325 g/mol. The van der Waals surface area contributed by atoms with E-state index in [1.165, 1.54) is 5.56 Å². The zero-order valence-corrected chi connectivity index (χ0v) is 12.7. The number of hydrogen-bond acceptors (Lipinski definition) is 3. The number of piperidine rings is 1. The predicted molar refractivity (Wildman–Crippen MR) is 80.6 cm³/mol. The molecule has 1 heterocycles. The molecule has 1 saturated heterocycles. The second kappa shape index (κ2) is 6.39. The van der Waals surface area contributed by atoms with Gasteiger partial charge in [-0.3, -0.25) is 10.3 Å². The van der Waals surface area contributed by atoms with Crippen molar-refractivity contribution in [3.05, 3.63) is 28.2 Å². The lowest BCUT2D eigenvalue weighted by Crippen LogP contribution is -2.40.